The number of nitrogens with zero attached hydrogens (tertiary/aromatic N) is 3. The van der Waals surface area contributed by atoms with Gasteiger partial charge >= 0.3 is 0 Å². The van der Waals surface area contributed by atoms with Gasteiger partial charge in [0.1, 0.15) is 11.9 Å². The lowest BCUT2D eigenvalue weighted by Gasteiger charge is -2.19. The summed E-state index contributed by atoms with van der Waals surface area (Å²) in [5.74, 6) is 0.526. The molecule has 2 heterocycles. The van der Waals surface area contributed by atoms with Gasteiger partial charge < -0.3 is 15.5 Å². The molecular weight excluding hydrogens is 352 g/mol. The zero-order chi connectivity index (χ0) is 19.3. The lowest BCUT2D eigenvalue weighted by molar-refractivity contribution is 0.0256. The maximum atomic E-state index is 10.2. The fraction of sp³-hybridized carbons (Fsp3) is 0.227. The third-order valence-electron chi connectivity index (χ3n) is 5.54. The van der Waals surface area contributed by atoms with E-state index in [9.17, 15) is 10.2 Å². The molecule has 1 radical (unpaired) electrons. The van der Waals surface area contributed by atoms with Crippen LogP contribution in [0.1, 0.15) is 6.42 Å². The zero-order valence-corrected chi connectivity index (χ0v) is 15.2. The van der Waals surface area contributed by atoms with E-state index in [2.05, 4.69) is 47.6 Å². The molecule has 4 aromatic rings. The van der Waals surface area contributed by atoms with Crippen molar-refractivity contribution in [1.82, 2.24) is 14.6 Å². The van der Waals surface area contributed by atoms with Gasteiger partial charge in [-0.15, -0.1) is 0 Å². The van der Waals surface area contributed by atoms with Crippen LogP contribution in [0.3, 0.4) is 0 Å². The molecule has 0 saturated heterocycles. The van der Waals surface area contributed by atoms with E-state index in [0.717, 1.165) is 22.5 Å². The second kappa shape index (κ2) is 6.58. The number of rotatable bonds is 3. The Morgan fingerprint density at radius 2 is 1.82 bits per heavy atom. The van der Waals surface area contributed by atoms with E-state index in [4.69, 9.17) is 5.10 Å². The zero-order valence-electron chi connectivity index (χ0n) is 15.2. The van der Waals surface area contributed by atoms with Gasteiger partial charge in [-0.05, 0) is 42.2 Å². The highest BCUT2D eigenvalue weighted by molar-refractivity contribution is 5.87. The lowest BCUT2D eigenvalue weighted by atomic mass is 10.1. The molecule has 0 bridgehead atoms. The van der Waals surface area contributed by atoms with Gasteiger partial charge in [-0.2, -0.15) is 9.61 Å². The van der Waals surface area contributed by atoms with Crippen LogP contribution < -0.4 is 5.32 Å². The molecule has 1 aliphatic rings. The summed E-state index contributed by atoms with van der Waals surface area (Å²) in [6.45, 7) is 3.91. The van der Waals surface area contributed by atoms with Crippen molar-refractivity contribution in [3.63, 3.8) is 0 Å². The summed E-state index contributed by atoms with van der Waals surface area (Å²) < 4.78 is 1.74. The summed E-state index contributed by atoms with van der Waals surface area (Å²) in [4.78, 5) is 4.41. The fourth-order valence-corrected chi connectivity index (χ4v) is 3.95. The molecule has 3 N–H and O–H groups in total. The Labute approximate surface area is 162 Å². The number of anilines is 1. The lowest BCUT2D eigenvalue weighted by Crippen LogP contribution is -2.35. The van der Waals surface area contributed by atoms with Crippen LogP contribution in [-0.2, 0) is 0 Å². The summed E-state index contributed by atoms with van der Waals surface area (Å²) in [5, 5.41) is 30.6. The van der Waals surface area contributed by atoms with Crippen molar-refractivity contribution in [3.8, 4) is 11.3 Å². The molecule has 4 atom stereocenters. The molecule has 5 rings (SSSR count). The molecule has 141 valence electrons. The van der Waals surface area contributed by atoms with Crippen molar-refractivity contribution in [1.29, 1.82) is 0 Å². The van der Waals surface area contributed by atoms with Crippen molar-refractivity contribution >= 4 is 22.2 Å². The highest BCUT2D eigenvalue weighted by Gasteiger charge is 2.39. The Kier molecular flexibility index (Phi) is 4.03. The molecule has 6 heteroatoms. The Bertz CT molecular complexity index is 1160. The summed E-state index contributed by atoms with van der Waals surface area (Å²) in [6.07, 6.45) is 0.621. The van der Waals surface area contributed by atoms with Crippen LogP contribution in [-0.4, -0.2) is 43.1 Å². The van der Waals surface area contributed by atoms with Gasteiger partial charge in [0.25, 0.3) is 0 Å². The third-order valence-corrected chi connectivity index (χ3v) is 5.54. The summed E-state index contributed by atoms with van der Waals surface area (Å²) in [7, 11) is 0. The first-order valence-electron chi connectivity index (χ1n) is 9.40. The van der Waals surface area contributed by atoms with Crippen LogP contribution in [0, 0.1) is 12.8 Å². The quantitative estimate of drug-likeness (QED) is 0.514. The maximum absolute atomic E-state index is 10.2. The molecule has 1 fully saturated rings. The second-order valence-corrected chi connectivity index (χ2v) is 7.42. The van der Waals surface area contributed by atoms with Crippen LogP contribution in [0.2, 0.25) is 0 Å². The molecule has 0 amide bonds. The second-order valence-electron chi connectivity index (χ2n) is 7.42. The van der Waals surface area contributed by atoms with Crippen LogP contribution in [0.15, 0.2) is 60.8 Å². The minimum atomic E-state index is -0.860. The number of hydrogen-bond donors (Lipinski definition) is 3. The Hall–Kier alpha value is -2.96. The molecule has 0 unspecified atom stereocenters. The molecule has 0 aliphatic heterocycles. The van der Waals surface area contributed by atoms with E-state index in [1.807, 2.05) is 24.3 Å². The van der Waals surface area contributed by atoms with E-state index >= 15 is 0 Å². The van der Waals surface area contributed by atoms with E-state index in [-0.39, 0.29) is 12.0 Å². The first-order chi connectivity index (χ1) is 13.6. The standard InChI is InChI=1S/C22H21N4O2/c1-13-10-18(22(28)21(13)27)24-19-8-9-23-20-12-17(25-26(19)20)16-7-6-14-4-2-3-5-15(14)11-16/h2-9,11-13,18,21-22,24,27-28H,1,10H2/t13-,18-,21-,22+/m1/s1. The Morgan fingerprint density at radius 3 is 2.61 bits per heavy atom. The largest absolute Gasteiger partial charge is 0.390 e. The molecule has 1 saturated carbocycles. The summed E-state index contributed by atoms with van der Waals surface area (Å²) >= 11 is 0. The van der Waals surface area contributed by atoms with Crippen LogP contribution >= 0.6 is 0 Å². The van der Waals surface area contributed by atoms with E-state index in [1.54, 1.807) is 10.7 Å². The van der Waals surface area contributed by atoms with Gasteiger partial charge in [0, 0.05) is 17.8 Å². The van der Waals surface area contributed by atoms with Gasteiger partial charge in [0.15, 0.2) is 5.65 Å². The van der Waals surface area contributed by atoms with E-state index in [0.29, 0.717) is 12.1 Å². The highest BCUT2D eigenvalue weighted by Crippen LogP contribution is 2.29. The molecular formula is C22H21N4O2. The van der Waals surface area contributed by atoms with Crippen LogP contribution in [0.4, 0.5) is 5.82 Å². The predicted octanol–water partition coefficient (Wildman–Crippen LogP) is 2.91. The average molecular weight is 373 g/mol. The number of aromatic nitrogens is 3. The SMILES string of the molecule is [CH2][C@@H]1C[C@@H](Nc2ccnc3cc(-c4ccc5ccccc5c4)nn23)[C@H](O)[C@@H]1O. The molecule has 0 spiro atoms. The molecule has 2 aromatic carbocycles. The number of hydrogen-bond acceptors (Lipinski definition) is 5. The molecule has 6 nitrogen and oxygen atoms in total. The van der Waals surface area contributed by atoms with Crippen molar-refractivity contribution < 1.29 is 10.2 Å². The number of aliphatic hydroxyl groups is 2. The summed E-state index contributed by atoms with van der Waals surface area (Å²) in [5.41, 5.74) is 2.56. The minimum Gasteiger partial charge on any atom is -0.390 e. The van der Waals surface area contributed by atoms with E-state index in [1.165, 1.54) is 5.39 Å². The minimum absolute atomic E-state index is 0.199. The Morgan fingerprint density at radius 1 is 1.00 bits per heavy atom. The number of benzene rings is 2. The highest BCUT2D eigenvalue weighted by atomic mass is 16.3. The molecule has 1 aliphatic carbocycles. The van der Waals surface area contributed by atoms with Crippen molar-refractivity contribution in [3.05, 3.63) is 67.7 Å². The average Bonchev–Trinajstić information content (AvgIpc) is 3.26. The van der Waals surface area contributed by atoms with Crippen molar-refractivity contribution in [2.24, 2.45) is 5.92 Å². The first-order valence-corrected chi connectivity index (χ1v) is 9.40. The predicted molar refractivity (Wildman–Crippen MR) is 109 cm³/mol. The maximum Gasteiger partial charge on any atom is 0.157 e. The van der Waals surface area contributed by atoms with Gasteiger partial charge in [-0.25, -0.2) is 4.98 Å². The van der Waals surface area contributed by atoms with Gasteiger partial charge in [0.2, 0.25) is 0 Å². The normalized spacial score (nSPS) is 24.8. The van der Waals surface area contributed by atoms with Crippen molar-refractivity contribution in [2.75, 3.05) is 5.32 Å². The topological polar surface area (TPSA) is 82.7 Å². The number of aliphatic hydroxyl groups excluding tert-OH is 2. The van der Waals surface area contributed by atoms with Gasteiger partial charge in [-0.3, -0.25) is 0 Å². The smallest absolute Gasteiger partial charge is 0.157 e. The third kappa shape index (κ3) is 2.82. The first kappa shape index (κ1) is 17.2. The van der Waals surface area contributed by atoms with E-state index < -0.39 is 12.2 Å². The van der Waals surface area contributed by atoms with Crippen LogP contribution in [0.25, 0.3) is 27.7 Å². The van der Waals surface area contributed by atoms with Gasteiger partial charge in [-0.1, -0.05) is 36.4 Å². The molecule has 2 aromatic heterocycles. The van der Waals surface area contributed by atoms with Gasteiger partial charge in [0.05, 0.1) is 17.8 Å². The van der Waals surface area contributed by atoms with Crippen molar-refractivity contribution in [2.45, 2.75) is 24.7 Å². The number of nitrogens with one attached hydrogen (secondary N) is 1. The summed E-state index contributed by atoms with van der Waals surface area (Å²) in [6, 6.07) is 18.0. The van der Waals surface area contributed by atoms with Crippen LogP contribution in [0.5, 0.6) is 0 Å². The fourth-order valence-electron chi connectivity index (χ4n) is 3.95. The number of fused-ring (bicyclic) bond motifs is 2. The Balaban J connectivity index is 1.52. The monoisotopic (exact) mass is 373 g/mol. The molecule has 28 heavy (non-hydrogen) atoms.